The summed E-state index contributed by atoms with van der Waals surface area (Å²) in [6.45, 7) is 3.48. The van der Waals surface area contributed by atoms with Gasteiger partial charge in [0.15, 0.2) is 0 Å². The van der Waals surface area contributed by atoms with Gasteiger partial charge in [-0.05, 0) is 30.2 Å². The molecule has 0 spiro atoms. The van der Waals surface area contributed by atoms with Gasteiger partial charge in [0, 0.05) is 13.1 Å². The molecule has 3 nitrogen and oxygen atoms in total. The number of nitrogens with one attached hydrogen (secondary N) is 1. The first-order valence-electron chi connectivity index (χ1n) is 6.99. The average molecular weight is 342 g/mol. The lowest BCUT2D eigenvalue weighted by molar-refractivity contribution is 0.191. The molecule has 0 bridgehead atoms. The minimum Gasteiger partial charge on any atom is -0.487 e. The molecule has 2 N–H and O–H groups in total. The lowest BCUT2D eigenvalue weighted by atomic mass is 10.2. The Bertz CT molecular complexity index is 562. The zero-order valence-electron chi connectivity index (χ0n) is 12.5. The fourth-order valence-corrected chi connectivity index (χ4v) is 2.19. The van der Waals surface area contributed by atoms with Gasteiger partial charge in [-0.15, -0.1) is 12.4 Å². The maximum absolute atomic E-state index is 9.20. The van der Waals surface area contributed by atoms with Crippen LogP contribution in [0.2, 0.25) is 5.02 Å². The summed E-state index contributed by atoms with van der Waals surface area (Å²) in [6.07, 6.45) is -0.353. The average Bonchev–Trinajstić information content (AvgIpc) is 2.47. The maximum Gasteiger partial charge on any atom is 0.138 e. The number of aliphatic hydroxyl groups excluding tert-OH is 1. The minimum atomic E-state index is -0.353. The van der Waals surface area contributed by atoms with Gasteiger partial charge < -0.3 is 15.2 Å². The molecule has 120 valence electrons. The van der Waals surface area contributed by atoms with Crippen LogP contribution in [0, 0.1) is 0 Å². The van der Waals surface area contributed by atoms with Gasteiger partial charge in [-0.25, -0.2) is 0 Å². The summed E-state index contributed by atoms with van der Waals surface area (Å²) >= 11 is 6.23. The number of aliphatic hydroxyl groups is 1. The summed E-state index contributed by atoms with van der Waals surface area (Å²) < 4.78 is 5.73. The third-order valence-electron chi connectivity index (χ3n) is 3.00. The van der Waals surface area contributed by atoms with E-state index in [9.17, 15) is 5.11 Å². The van der Waals surface area contributed by atoms with Crippen LogP contribution in [0.4, 0.5) is 0 Å². The molecule has 2 rings (SSSR count). The predicted molar refractivity (Wildman–Crippen MR) is 92.9 cm³/mol. The van der Waals surface area contributed by atoms with Gasteiger partial charge in [0.2, 0.25) is 0 Å². The van der Waals surface area contributed by atoms with Crippen molar-refractivity contribution in [3.05, 3.63) is 64.7 Å². The van der Waals surface area contributed by atoms with E-state index in [1.54, 1.807) is 6.92 Å². The summed E-state index contributed by atoms with van der Waals surface area (Å²) in [5, 5.41) is 13.0. The molecule has 0 aromatic heterocycles. The Morgan fingerprint density at radius 2 is 1.86 bits per heavy atom. The summed E-state index contributed by atoms with van der Waals surface area (Å²) in [4.78, 5) is 0. The van der Waals surface area contributed by atoms with Crippen LogP contribution in [0.15, 0.2) is 48.5 Å². The highest BCUT2D eigenvalue weighted by Crippen LogP contribution is 2.26. The molecule has 1 unspecified atom stereocenters. The zero-order valence-corrected chi connectivity index (χ0v) is 14.0. The quantitative estimate of drug-likeness (QED) is 0.804. The SMILES string of the molecule is CC(O)CNCc1ccc(OCc2ccccc2)c(Cl)c1.Cl. The van der Waals surface area contributed by atoms with Crippen molar-refractivity contribution in [2.45, 2.75) is 26.2 Å². The Labute approximate surface area is 142 Å². The Morgan fingerprint density at radius 1 is 1.14 bits per heavy atom. The second-order valence-electron chi connectivity index (χ2n) is 5.02. The third-order valence-corrected chi connectivity index (χ3v) is 3.30. The molecule has 0 radical (unpaired) electrons. The minimum absolute atomic E-state index is 0. The van der Waals surface area contributed by atoms with E-state index in [4.69, 9.17) is 16.3 Å². The molecule has 0 aliphatic rings. The third kappa shape index (κ3) is 6.24. The maximum atomic E-state index is 9.20. The van der Waals surface area contributed by atoms with E-state index in [0.29, 0.717) is 30.5 Å². The molecule has 2 aromatic rings. The molecule has 0 amide bonds. The molecular weight excluding hydrogens is 321 g/mol. The van der Waals surface area contributed by atoms with Crippen LogP contribution in [0.3, 0.4) is 0 Å². The second-order valence-corrected chi connectivity index (χ2v) is 5.43. The van der Waals surface area contributed by atoms with Crippen molar-refractivity contribution in [2.75, 3.05) is 6.54 Å². The number of benzene rings is 2. The van der Waals surface area contributed by atoms with Crippen molar-refractivity contribution in [3.8, 4) is 5.75 Å². The van der Waals surface area contributed by atoms with Crippen molar-refractivity contribution >= 4 is 24.0 Å². The monoisotopic (exact) mass is 341 g/mol. The van der Waals surface area contributed by atoms with Crippen molar-refractivity contribution in [1.29, 1.82) is 0 Å². The van der Waals surface area contributed by atoms with E-state index in [1.165, 1.54) is 0 Å². The van der Waals surface area contributed by atoms with Gasteiger partial charge in [0.25, 0.3) is 0 Å². The van der Waals surface area contributed by atoms with Crippen molar-refractivity contribution in [1.82, 2.24) is 5.32 Å². The van der Waals surface area contributed by atoms with E-state index in [-0.39, 0.29) is 18.5 Å². The molecule has 0 saturated carbocycles. The molecule has 0 saturated heterocycles. The van der Waals surface area contributed by atoms with E-state index in [0.717, 1.165) is 11.1 Å². The lowest BCUT2D eigenvalue weighted by Crippen LogP contribution is -2.23. The number of hydrogen-bond donors (Lipinski definition) is 2. The van der Waals surface area contributed by atoms with E-state index >= 15 is 0 Å². The van der Waals surface area contributed by atoms with Crippen molar-refractivity contribution < 1.29 is 9.84 Å². The Hall–Kier alpha value is -1.26. The number of halogens is 2. The summed E-state index contributed by atoms with van der Waals surface area (Å²) in [5.74, 6) is 0.680. The molecule has 0 fully saturated rings. The van der Waals surface area contributed by atoms with Crippen LogP contribution in [-0.4, -0.2) is 17.8 Å². The Kier molecular flexibility index (Phi) is 8.28. The van der Waals surface area contributed by atoms with Crippen LogP contribution in [0.25, 0.3) is 0 Å². The van der Waals surface area contributed by atoms with E-state index in [1.807, 2.05) is 48.5 Å². The smallest absolute Gasteiger partial charge is 0.138 e. The number of ether oxygens (including phenoxy) is 1. The first-order valence-corrected chi connectivity index (χ1v) is 7.37. The summed E-state index contributed by atoms with van der Waals surface area (Å²) in [5.41, 5.74) is 2.17. The normalized spacial score (nSPS) is 11.6. The van der Waals surface area contributed by atoms with Gasteiger partial charge in [-0.1, -0.05) is 48.0 Å². The molecule has 22 heavy (non-hydrogen) atoms. The van der Waals surface area contributed by atoms with Gasteiger partial charge in [0.05, 0.1) is 11.1 Å². The van der Waals surface area contributed by atoms with Gasteiger partial charge in [-0.2, -0.15) is 0 Å². The summed E-state index contributed by atoms with van der Waals surface area (Å²) in [7, 11) is 0. The second kappa shape index (κ2) is 9.70. The highest BCUT2D eigenvalue weighted by atomic mass is 35.5. The summed E-state index contributed by atoms with van der Waals surface area (Å²) in [6, 6.07) is 15.7. The van der Waals surface area contributed by atoms with E-state index < -0.39 is 0 Å². The Balaban J connectivity index is 0.00000242. The van der Waals surface area contributed by atoms with Gasteiger partial charge in [-0.3, -0.25) is 0 Å². The number of hydrogen-bond acceptors (Lipinski definition) is 3. The first kappa shape index (κ1) is 18.8. The Morgan fingerprint density at radius 3 is 2.50 bits per heavy atom. The van der Waals surface area contributed by atoms with Crippen LogP contribution in [0.5, 0.6) is 5.75 Å². The largest absolute Gasteiger partial charge is 0.487 e. The lowest BCUT2D eigenvalue weighted by Gasteiger charge is -2.11. The van der Waals surface area contributed by atoms with Crippen molar-refractivity contribution in [3.63, 3.8) is 0 Å². The van der Waals surface area contributed by atoms with E-state index in [2.05, 4.69) is 5.32 Å². The molecule has 0 aliphatic carbocycles. The predicted octanol–water partition coefficient (Wildman–Crippen LogP) is 3.81. The van der Waals surface area contributed by atoms with Gasteiger partial charge in [0.1, 0.15) is 12.4 Å². The standard InChI is InChI=1S/C17H20ClNO2.ClH/c1-13(20)10-19-11-15-7-8-17(16(18)9-15)21-12-14-5-3-2-4-6-14;/h2-9,13,19-20H,10-12H2,1H3;1H. The topological polar surface area (TPSA) is 41.5 Å². The molecular formula is C17H21Cl2NO2. The molecule has 5 heteroatoms. The molecule has 2 aromatic carbocycles. The molecule has 1 atom stereocenters. The molecule has 0 aliphatic heterocycles. The zero-order chi connectivity index (χ0) is 15.1. The number of rotatable bonds is 7. The van der Waals surface area contributed by atoms with Crippen LogP contribution in [-0.2, 0) is 13.2 Å². The van der Waals surface area contributed by atoms with Gasteiger partial charge >= 0.3 is 0 Å². The first-order chi connectivity index (χ1) is 10.1. The van der Waals surface area contributed by atoms with Crippen LogP contribution in [0.1, 0.15) is 18.1 Å². The van der Waals surface area contributed by atoms with Crippen LogP contribution >= 0.6 is 24.0 Å². The fourth-order valence-electron chi connectivity index (χ4n) is 1.93. The molecule has 0 heterocycles. The highest BCUT2D eigenvalue weighted by Gasteiger charge is 2.04. The van der Waals surface area contributed by atoms with Crippen LogP contribution < -0.4 is 10.1 Å². The highest BCUT2D eigenvalue weighted by molar-refractivity contribution is 6.32. The van der Waals surface area contributed by atoms with Crippen molar-refractivity contribution in [2.24, 2.45) is 0 Å². The fraction of sp³-hybridized carbons (Fsp3) is 0.294.